The van der Waals surface area contributed by atoms with Crippen LogP contribution in [-0.4, -0.2) is 37.8 Å². The van der Waals surface area contributed by atoms with Gasteiger partial charge in [0.1, 0.15) is 9.33 Å². The first-order valence-electron chi connectivity index (χ1n) is 9.59. The molecule has 1 saturated heterocycles. The molecule has 30 heavy (non-hydrogen) atoms. The van der Waals surface area contributed by atoms with E-state index in [2.05, 4.69) is 22.4 Å². The molecule has 2 aromatic rings. The van der Waals surface area contributed by atoms with Gasteiger partial charge in [0.2, 0.25) is 11.0 Å². The zero-order chi connectivity index (χ0) is 21.5. The van der Waals surface area contributed by atoms with Crippen LogP contribution in [0, 0.1) is 0 Å². The van der Waals surface area contributed by atoms with E-state index in [0.29, 0.717) is 32.3 Å². The van der Waals surface area contributed by atoms with Crippen LogP contribution in [0.2, 0.25) is 5.02 Å². The molecule has 0 saturated carbocycles. The first-order chi connectivity index (χ1) is 14.5. The topological polar surface area (TPSA) is 75.2 Å². The summed E-state index contributed by atoms with van der Waals surface area (Å²) >= 11 is 13.9. The molecule has 2 amide bonds. The average Bonchev–Trinajstić information content (AvgIpc) is 3.27. The quantitative estimate of drug-likeness (QED) is 0.395. The number of hydrogen-bond acceptors (Lipinski definition) is 7. The fraction of sp³-hybridized carbons (Fsp3) is 0.350. The van der Waals surface area contributed by atoms with Gasteiger partial charge in [-0.2, -0.15) is 0 Å². The van der Waals surface area contributed by atoms with Crippen molar-refractivity contribution in [2.24, 2.45) is 0 Å². The number of nitrogens with zero attached hydrogens (tertiary/aromatic N) is 3. The molecule has 0 unspecified atom stereocenters. The van der Waals surface area contributed by atoms with E-state index in [4.69, 9.17) is 23.8 Å². The van der Waals surface area contributed by atoms with E-state index in [-0.39, 0.29) is 18.2 Å². The largest absolute Gasteiger partial charge is 0.301 e. The van der Waals surface area contributed by atoms with Crippen molar-refractivity contribution in [2.75, 3.05) is 11.9 Å². The zero-order valence-corrected chi connectivity index (χ0v) is 19.6. The molecule has 10 heteroatoms. The molecule has 1 aromatic heterocycles. The minimum atomic E-state index is -0.143. The van der Waals surface area contributed by atoms with Gasteiger partial charge in [-0.1, -0.05) is 72.4 Å². The summed E-state index contributed by atoms with van der Waals surface area (Å²) in [5.74, 6) is -0.277. The second-order valence-corrected chi connectivity index (χ2v) is 9.82. The fourth-order valence-corrected chi connectivity index (χ4v) is 4.95. The summed E-state index contributed by atoms with van der Waals surface area (Å²) in [7, 11) is 0. The van der Waals surface area contributed by atoms with E-state index in [1.165, 1.54) is 23.1 Å². The maximum atomic E-state index is 12.6. The van der Waals surface area contributed by atoms with E-state index >= 15 is 0 Å². The number of aryl methyl sites for hydroxylation is 1. The number of carbonyl (C=O) groups is 2. The Kier molecular flexibility index (Phi) is 8.38. The molecule has 0 radical (unpaired) electrons. The number of hydrogen-bond donors (Lipinski definition) is 1. The number of amides is 2. The third-order valence-corrected chi connectivity index (χ3v) is 6.81. The summed E-state index contributed by atoms with van der Waals surface area (Å²) in [4.78, 5) is 26.9. The van der Waals surface area contributed by atoms with Crippen molar-refractivity contribution in [2.45, 2.75) is 39.0 Å². The van der Waals surface area contributed by atoms with Gasteiger partial charge in [0.25, 0.3) is 5.91 Å². The molecule has 1 N–H and O–H groups in total. The zero-order valence-electron chi connectivity index (χ0n) is 16.4. The lowest BCUT2D eigenvalue weighted by Gasteiger charge is -2.13. The molecule has 158 valence electrons. The van der Waals surface area contributed by atoms with E-state index in [1.54, 1.807) is 23.1 Å². The molecule has 1 aliphatic heterocycles. The standard InChI is InChI=1S/C20H21ClN4O2S3/c1-2-3-6-17-23-24-19(30-17)22-16(26)5-4-11-25-18(27)15(29-20(25)28)12-13-7-9-14(21)10-8-13/h7-10,12H,2-6,11H2,1H3,(H,22,24,26)/b15-12-. The summed E-state index contributed by atoms with van der Waals surface area (Å²) in [6, 6.07) is 7.25. The molecular weight excluding hydrogens is 460 g/mol. The number of thiocarbonyl (C=S) groups is 1. The van der Waals surface area contributed by atoms with Crippen LogP contribution in [0.25, 0.3) is 6.08 Å². The molecule has 0 bridgehead atoms. The Bertz CT molecular complexity index is 959. The van der Waals surface area contributed by atoms with Gasteiger partial charge in [-0.3, -0.25) is 14.5 Å². The molecule has 0 spiro atoms. The number of anilines is 1. The second kappa shape index (κ2) is 11.0. The maximum Gasteiger partial charge on any atom is 0.266 e. The van der Waals surface area contributed by atoms with Crippen LogP contribution in [0.1, 0.15) is 43.2 Å². The fourth-order valence-electron chi connectivity index (χ4n) is 2.72. The van der Waals surface area contributed by atoms with Gasteiger partial charge in [0, 0.05) is 24.4 Å². The Balaban J connectivity index is 1.47. The Labute approximate surface area is 194 Å². The second-order valence-electron chi connectivity index (χ2n) is 6.64. The molecule has 0 aliphatic carbocycles. The smallest absolute Gasteiger partial charge is 0.266 e. The van der Waals surface area contributed by atoms with Gasteiger partial charge >= 0.3 is 0 Å². The van der Waals surface area contributed by atoms with E-state index in [9.17, 15) is 9.59 Å². The third kappa shape index (κ3) is 6.34. The number of rotatable bonds is 9. The van der Waals surface area contributed by atoms with Gasteiger partial charge in [-0.05, 0) is 36.6 Å². The number of benzene rings is 1. The lowest BCUT2D eigenvalue weighted by molar-refractivity contribution is -0.122. The summed E-state index contributed by atoms with van der Waals surface area (Å²) in [5.41, 5.74) is 0.884. The van der Waals surface area contributed by atoms with Crippen LogP contribution < -0.4 is 5.32 Å². The van der Waals surface area contributed by atoms with Crippen molar-refractivity contribution in [1.29, 1.82) is 0 Å². The Morgan fingerprint density at radius 3 is 2.77 bits per heavy atom. The highest BCUT2D eigenvalue weighted by Gasteiger charge is 2.31. The van der Waals surface area contributed by atoms with Gasteiger partial charge in [-0.25, -0.2) is 0 Å². The van der Waals surface area contributed by atoms with Crippen molar-refractivity contribution in [3.8, 4) is 0 Å². The summed E-state index contributed by atoms with van der Waals surface area (Å²) in [6.07, 6.45) is 5.60. The van der Waals surface area contributed by atoms with E-state index in [1.807, 2.05) is 12.1 Å². The molecular formula is C20H21ClN4O2S3. The van der Waals surface area contributed by atoms with Crippen LogP contribution in [0.15, 0.2) is 29.2 Å². The Morgan fingerprint density at radius 1 is 1.27 bits per heavy atom. The average molecular weight is 481 g/mol. The lowest BCUT2D eigenvalue weighted by atomic mass is 10.2. The summed E-state index contributed by atoms with van der Waals surface area (Å²) in [5, 5.41) is 13.0. The normalized spacial score (nSPS) is 15.3. The number of thioether (sulfide) groups is 1. The minimum absolute atomic E-state index is 0.134. The molecule has 6 nitrogen and oxygen atoms in total. The van der Waals surface area contributed by atoms with Gasteiger partial charge < -0.3 is 5.32 Å². The summed E-state index contributed by atoms with van der Waals surface area (Å²) < 4.78 is 0.505. The predicted octanol–water partition coefficient (Wildman–Crippen LogP) is 5.15. The summed E-state index contributed by atoms with van der Waals surface area (Å²) in [6.45, 7) is 2.52. The molecule has 1 fully saturated rings. The van der Waals surface area contributed by atoms with E-state index < -0.39 is 0 Å². The molecule has 1 aliphatic rings. The monoisotopic (exact) mass is 480 g/mol. The van der Waals surface area contributed by atoms with Gasteiger partial charge in [-0.15, -0.1) is 10.2 Å². The molecule has 2 heterocycles. The van der Waals surface area contributed by atoms with Crippen molar-refractivity contribution >= 4 is 74.3 Å². The van der Waals surface area contributed by atoms with Crippen molar-refractivity contribution in [3.05, 3.63) is 44.8 Å². The van der Waals surface area contributed by atoms with Gasteiger partial charge in [0.05, 0.1) is 4.91 Å². The van der Waals surface area contributed by atoms with E-state index in [0.717, 1.165) is 29.8 Å². The van der Waals surface area contributed by atoms with Crippen molar-refractivity contribution in [1.82, 2.24) is 15.1 Å². The molecule has 3 rings (SSSR count). The SMILES string of the molecule is CCCCc1nnc(NC(=O)CCCN2C(=O)/C(=C/c3ccc(Cl)cc3)SC2=S)s1. The number of aromatic nitrogens is 2. The first kappa shape index (κ1) is 22.9. The number of carbonyl (C=O) groups excluding carboxylic acids is 2. The van der Waals surface area contributed by atoms with Crippen molar-refractivity contribution in [3.63, 3.8) is 0 Å². The number of nitrogens with one attached hydrogen (secondary N) is 1. The van der Waals surface area contributed by atoms with Gasteiger partial charge in [0.15, 0.2) is 0 Å². The number of halogens is 1. The van der Waals surface area contributed by atoms with Crippen molar-refractivity contribution < 1.29 is 9.59 Å². The predicted molar refractivity (Wildman–Crippen MR) is 128 cm³/mol. The Hall–Kier alpha value is -1.81. The highest BCUT2D eigenvalue weighted by atomic mass is 35.5. The lowest BCUT2D eigenvalue weighted by Crippen LogP contribution is -2.29. The highest BCUT2D eigenvalue weighted by molar-refractivity contribution is 8.26. The number of unbranched alkanes of at least 4 members (excludes halogenated alkanes) is 1. The highest BCUT2D eigenvalue weighted by Crippen LogP contribution is 2.32. The minimum Gasteiger partial charge on any atom is -0.301 e. The Morgan fingerprint density at radius 2 is 2.03 bits per heavy atom. The van der Waals surface area contributed by atoms with Crippen LogP contribution in [0.4, 0.5) is 5.13 Å². The van der Waals surface area contributed by atoms with Crippen LogP contribution >= 0.6 is 46.9 Å². The molecule has 1 aromatic carbocycles. The van der Waals surface area contributed by atoms with Crippen LogP contribution in [-0.2, 0) is 16.0 Å². The first-order valence-corrected chi connectivity index (χ1v) is 12.0. The van der Waals surface area contributed by atoms with Crippen LogP contribution in [0.3, 0.4) is 0 Å². The third-order valence-electron chi connectivity index (χ3n) is 4.28. The van der Waals surface area contributed by atoms with Crippen LogP contribution in [0.5, 0.6) is 0 Å². The maximum absolute atomic E-state index is 12.6. The molecule has 0 atom stereocenters.